The fourth-order valence-corrected chi connectivity index (χ4v) is 1.77. The second kappa shape index (κ2) is 5.33. The standard InChI is InChI=1S/C12H11BF2O3/c14-11(15)7-18-12-9-4-2-1-3-8(9)5-6-10(12)13(16)17/h1-6,11,16-17H,7H2. The summed E-state index contributed by atoms with van der Waals surface area (Å²) < 4.78 is 29.4. The molecule has 0 bridgehead atoms. The summed E-state index contributed by atoms with van der Waals surface area (Å²) >= 11 is 0. The fraction of sp³-hybridized carbons (Fsp3) is 0.167. The van der Waals surface area contributed by atoms with Crippen LogP contribution in [0.5, 0.6) is 5.75 Å². The molecule has 0 amide bonds. The van der Waals surface area contributed by atoms with Gasteiger partial charge in [-0.05, 0) is 5.39 Å². The van der Waals surface area contributed by atoms with Crippen LogP contribution >= 0.6 is 0 Å². The topological polar surface area (TPSA) is 49.7 Å². The number of hydrogen-bond acceptors (Lipinski definition) is 3. The molecule has 2 aromatic rings. The van der Waals surface area contributed by atoms with E-state index in [0.29, 0.717) is 5.39 Å². The highest BCUT2D eigenvalue weighted by molar-refractivity contribution is 6.60. The molecule has 2 aromatic carbocycles. The SMILES string of the molecule is OB(O)c1ccc2ccccc2c1OCC(F)F. The van der Waals surface area contributed by atoms with Crippen molar-refractivity contribution >= 4 is 23.4 Å². The smallest absolute Gasteiger partial charge is 0.487 e. The first kappa shape index (κ1) is 12.8. The van der Waals surface area contributed by atoms with Gasteiger partial charge in [0.1, 0.15) is 12.4 Å². The molecule has 0 saturated carbocycles. The molecule has 0 spiro atoms. The van der Waals surface area contributed by atoms with Crippen LogP contribution in [-0.4, -0.2) is 30.2 Å². The Morgan fingerprint density at radius 3 is 2.50 bits per heavy atom. The molecule has 2 N–H and O–H groups in total. The van der Waals surface area contributed by atoms with E-state index in [0.717, 1.165) is 5.39 Å². The van der Waals surface area contributed by atoms with Crippen LogP contribution in [0.3, 0.4) is 0 Å². The van der Waals surface area contributed by atoms with Gasteiger partial charge in [-0.3, -0.25) is 0 Å². The lowest BCUT2D eigenvalue weighted by Gasteiger charge is -2.13. The van der Waals surface area contributed by atoms with Crippen LogP contribution in [0.4, 0.5) is 8.78 Å². The van der Waals surface area contributed by atoms with Crippen LogP contribution in [0.2, 0.25) is 0 Å². The molecule has 6 heteroatoms. The summed E-state index contributed by atoms with van der Waals surface area (Å²) in [6, 6.07) is 10.1. The van der Waals surface area contributed by atoms with Crippen molar-refractivity contribution in [3.63, 3.8) is 0 Å². The minimum Gasteiger partial charge on any atom is -0.487 e. The van der Waals surface area contributed by atoms with Crippen LogP contribution < -0.4 is 10.2 Å². The number of hydrogen-bond donors (Lipinski definition) is 2. The van der Waals surface area contributed by atoms with E-state index in [1.165, 1.54) is 6.07 Å². The lowest BCUT2D eigenvalue weighted by molar-refractivity contribution is 0.0830. The molecule has 0 radical (unpaired) electrons. The molecule has 0 aromatic heterocycles. The summed E-state index contributed by atoms with van der Waals surface area (Å²) in [5, 5.41) is 19.8. The molecule has 0 unspecified atom stereocenters. The minimum absolute atomic E-state index is 0.0781. The average Bonchev–Trinajstić information content (AvgIpc) is 2.35. The van der Waals surface area contributed by atoms with E-state index in [4.69, 9.17) is 4.74 Å². The van der Waals surface area contributed by atoms with E-state index in [1.807, 2.05) is 0 Å². The average molecular weight is 252 g/mol. The second-order valence-electron chi connectivity index (χ2n) is 3.78. The highest BCUT2D eigenvalue weighted by atomic mass is 19.3. The minimum atomic E-state index is -2.62. The summed E-state index contributed by atoms with van der Waals surface area (Å²) in [4.78, 5) is 0. The first-order chi connectivity index (χ1) is 8.59. The predicted molar refractivity (Wildman–Crippen MR) is 65.3 cm³/mol. The first-order valence-corrected chi connectivity index (χ1v) is 5.38. The van der Waals surface area contributed by atoms with Gasteiger partial charge in [0.05, 0.1) is 0 Å². The van der Waals surface area contributed by atoms with Gasteiger partial charge < -0.3 is 14.8 Å². The summed E-state index contributed by atoms with van der Waals surface area (Å²) in [5.74, 6) is 0.0865. The quantitative estimate of drug-likeness (QED) is 0.803. The van der Waals surface area contributed by atoms with E-state index in [2.05, 4.69) is 0 Å². The van der Waals surface area contributed by atoms with Gasteiger partial charge in [-0.15, -0.1) is 0 Å². The van der Waals surface area contributed by atoms with Gasteiger partial charge >= 0.3 is 7.12 Å². The third-order valence-electron chi connectivity index (χ3n) is 2.54. The zero-order chi connectivity index (χ0) is 13.1. The molecule has 3 nitrogen and oxygen atoms in total. The largest absolute Gasteiger partial charge is 0.492 e. The number of benzene rings is 2. The van der Waals surface area contributed by atoms with Crippen molar-refractivity contribution in [2.24, 2.45) is 0 Å². The molecule has 0 aliphatic rings. The van der Waals surface area contributed by atoms with Crippen molar-refractivity contribution in [2.75, 3.05) is 6.61 Å². The van der Waals surface area contributed by atoms with Crippen LogP contribution in [0, 0.1) is 0 Å². The van der Waals surface area contributed by atoms with Crippen molar-refractivity contribution in [1.82, 2.24) is 0 Å². The van der Waals surface area contributed by atoms with E-state index >= 15 is 0 Å². The maximum Gasteiger partial charge on any atom is 0.492 e. The van der Waals surface area contributed by atoms with Crippen molar-refractivity contribution < 1.29 is 23.6 Å². The summed E-state index contributed by atoms with van der Waals surface area (Å²) in [5.41, 5.74) is 0.0781. The zero-order valence-corrected chi connectivity index (χ0v) is 9.38. The Hall–Kier alpha value is -1.66. The predicted octanol–water partition coefficient (Wildman–Crippen LogP) is 1.16. The maximum atomic E-state index is 12.2. The lowest BCUT2D eigenvalue weighted by Crippen LogP contribution is -2.32. The molecule has 0 heterocycles. The van der Waals surface area contributed by atoms with Crippen LogP contribution in [0.25, 0.3) is 10.8 Å². The van der Waals surface area contributed by atoms with Crippen molar-refractivity contribution in [3.05, 3.63) is 36.4 Å². The van der Waals surface area contributed by atoms with Crippen molar-refractivity contribution in [1.29, 1.82) is 0 Å². The van der Waals surface area contributed by atoms with Crippen LogP contribution in [0.15, 0.2) is 36.4 Å². The Kier molecular flexibility index (Phi) is 3.79. The van der Waals surface area contributed by atoms with E-state index in [9.17, 15) is 18.8 Å². The Labute approximate surface area is 103 Å². The number of halogens is 2. The Morgan fingerprint density at radius 1 is 1.11 bits per heavy atom. The van der Waals surface area contributed by atoms with Gasteiger partial charge in [-0.2, -0.15) is 0 Å². The highest BCUT2D eigenvalue weighted by Crippen LogP contribution is 2.24. The summed E-state index contributed by atoms with van der Waals surface area (Å²) in [6.07, 6.45) is -2.62. The van der Waals surface area contributed by atoms with E-state index in [-0.39, 0.29) is 11.2 Å². The van der Waals surface area contributed by atoms with Gasteiger partial charge in [0.25, 0.3) is 6.43 Å². The summed E-state index contributed by atoms with van der Waals surface area (Å²) in [7, 11) is -1.76. The molecular weight excluding hydrogens is 241 g/mol. The normalized spacial score (nSPS) is 10.9. The Balaban J connectivity index is 2.52. The van der Waals surface area contributed by atoms with E-state index < -0.39 is 20.2 Å². The molecule has 2 rings (SSSR count). The number of rotatable bonds is 4. The van der Waals surface area contributed by atoms with E-state index in [1.54, 1.807) is 30.3 Å². The molecule has 0 fully saturated rings. The first-order valence-electron chi connectivity index (χ1n) is 5.38. The zero-order valence-electron chi connectivity index (χ0n) is 9.38. The lowest BCUT2D eigenvalue weighted by atomic mass is 9.78. The second-order valence-corrected chi connectivity index (χ2v) is 3.78. The monoisotopic (exact) mass is 252 g/mol. The van der Waals surface area contributed by atoms with Crippen molar-refractivity contribution in [2.45, 2.75) is 6.43 Å². The molecule has 0 atom stereocenters. The van der Waals surface area contributed by atoms with Crippen LogP contribution in [0.1, 0.15) is 0 Å². The van der Waals surface area contributed by atoms with Crippen molar-refractivity contribution in [3.8, 4) is 5.75 Å². The Bertz CT molecular complexity index is 546. The molecular formula is C12H11BF2O3. The number of fused-ring (bicyclic) bond motifs is 1. The maximum absolute atomic E-state index is 12.2. The van der Waals surface area contributed by atoms with Gasteiger partial charge in [-0.25, -0.2) is 8.78 Å². The third-order valence-corrected chi connectivity index (χ3v) is 2.54. The molecule has 94 valence electrons. The highest BCUT2D eigenvalue weighted by Gasteiger charge is 2.20. The number of ether oxygens (including phenoxy) is 1. The van der Waals surface area contributed by atoms with Gasteiger partial charge in [0.15, 0.2) is 0 Å². The molecule has 0 aliphatic heterocycles. The van der Waals surface area contributed by atoms with Gasteiger partial charge in [-0.1, -0.05) is 36.4 Å². The number of alkyl halides is 2. The Morgan fingerprint density at radius 2 is 1.83 bits per heavy atom. The summed E-state index contributed by atoms with van der Waals surface area (Å²) in [6.45, 7) is -0.784. The van der Waals surface area contributed by atoms with Gasteiger partial charge in [0.2, 0.25) is 0 Å². The molecule has 0 saturated heterocycles. The van der Waals surface area contributed by atoms with Crippen LogP contribution in [-0.2, 0) is 0 Å². The molecule has 0 aliphatic carbocycles. The molecule has 18 heavy (non-hydrogen) atoms. The third kappa shape index (κ3) is 2.60. The van der Waals surface area contributed by atoms with Gasteiger partial charge in [0, 0.05) is 10.8 Å². The fourth-order valence-electron chi connectivity index (χ4n) is 1.77.